The third kappa shape index (κ3) is 4.61. The van der Waals surface area contributed by atoms with Crippen molar-refractivity contribution in [2.75, 3.05) is 13.2 Å². The molecule has 1 atom stereocenters. The summed E-state index contributed by atoms with van der Waals surface area (Å²) in [4.78, 5) is 10.8. The second-order valence-electron chi connectivity index (χ2n) is 4.89. The van der Waals surface area contributed by atoms with Crippen molar-refractivity contribution in [3.63, 3.8) is 0 Å². The summed E-state index contributed by atoms with van der Waals surface area (Å²) in [6, 6.07) is 17.9. The second-order valence-corrected chi connectivity index (χ2v) is 4.89. The molecule has 2 aromatic carbocycles. The molecule has 0 saturated carbocycles. The van der Waals surface area contributed by atoms with Gasteiger partial charge in [-0.05, 0) is 29.7 Å². The SMILES string of the molecule is NCC(COc1ccc(Cc2ccccc2)cc1)C(=O)O. The first-order valence-electron chi connectivity index (χ1n) is 6.87. The molecule has 0 aliphatic rings. The lowest BCUT2D eigenvalue weighted by molar-refractivity contribution is -0.142. The fourth-order valence-electron chi connectivity index (χ4n) is 1.97. The Morgan fingerprint density at radius 2 is 1.67 bits per heavy atom. The molecule has 0 aliphatic heterocycles. The quantitative estimate of drug-likeness (QED) is 0.819. The molecule has 0 fully saturated rings. The van der Waals surface area contributed by atoms with E-state index in [4.69, 9.17) is 15.6 Å². The Hall–Kier alpha value is -2.33. The first-order chi connectivity index (χ1) is 10.2. The summed E-state index contributed by atoms with van der Waals surface area (Å²) in [5.41, 5.74) is 7.82. The first-order valence-corrected chi connectivity index (χ1v) is 6.87. The number of carboxylic acid groups (broad SMARTS) is 1. The fourth-order valence-corrected chi connectivity index (χ4v) is 1.97. The summed E-state index contributed by atoms with van der Waals surface area (Å²) in [6.07, 6.45) is 0.863. The minimum Gasteiger partial charge on any atom is -0.493 e. The molecule has 4 nitrogen and oxygen atoms in total. The largest absolute Gasteiger partial charge is 0.493 e. The molecular formula is C17H19NO3. The molecule has 0 radical (unpaired) electrons. The monoisotopic (exact) mass is 285 g/mol. The van der Waals surface area contributed by atoms with Crippen molar-refractivity contribution in [3.05, 3.63) is 65.7 Å². The van der Waals surface area contributed by atoms with Gasteiger partial charge in [0.05, 0.1) is 0 Å². The van der Waals surface area contributed by atoms with Gasteiger partial charge in [0.15, 0.2) is 0 Å². The molecule has 0 aromatic heterocycles. The van der Waals surface area contributed by atoms with Gasteiger partial charge in [-0.1, -0.05) is 42.5 Å². The number of hydrogen-bond donors (Lipinski definition) is 2. The number of carboxylic acids is 1. The minimum atomic E-state index is -0.932. The van der Waals surface area contributed by atoms with Crippen LogP contribution in [0.3, 0.4) is 0 Å². The zero-order valence-electron chi connectivity index (χ0n) is 11.7. The minimum absolute atomic E-state index is 0.0709. The van der Waals surface area contributed by atoms with Crippen LogP contribution in [-0.2, 0) is 11.2 Å². The van der Waals surface area contributed by atoms with Crippen molar-refractivity contribution in [2.24, 2.45) is 11.7 Å². The molecular weight excluding hydrogens is 266 g/mol. The molecule has 1 unspecified atom stereocenters. The number of carbonyl (C=O) groups is 1. The highest BCUT2D eigenvalue weighted by Gasteiger charge is 2.15. The van der Waals surface area contributed by atoms with Crippen molar-refractivity contribution in [1.82, 2.24) is 0 Å². The Balaban J connectivity index is 1.91. The third-order valence-corrected chi connectivity index (χ3v) is 3.26. The van der Waals surface area contributed by atoms with E-state index in [2.05, 4.69) is 12.1 Å². The topological polar surface area (TPSA) is 72.5 Å². The Morgan fingerprint density at radius 3 is 2.24 bits per heavy atom. The van der Waals surface area contributed by atoms with Crippen molar-refractivity contribution in [1.29, 1.82) is 0 Å². The highest BCUT2D eigenvalue weighted by molar-refractivity contribution is 5.70. The van der Waals surface area contributed by atoms with Crippen LogP contribution in [0.5, 0.6) is 5.75 Å². The Labute approximate surface area is 124 Å². The van der Waals surface area contributed by atoms with Gasteiger partial charge in [-0.3, -0.25) is 4.79 Å². The average Bonchev–Trinajstić information content (AvgIpc) is 2.50. The van der Waals surface area contributed by atoms with Gasteiger partial charge in [-0.15, -0.1) is 0 Å². The predicted molar refractivity (Wildman–Crippen MR) is 81.4 cm³/mol. The molecule has 0 amide bonds. The number of aliphatic carboxylic acids is 1. The lowest BCUT2D eigenvalue weighted by Gasteiger charge is -2.12. The molecule has 21 heavy (non-hydrogen) atoms. The van der Waals surface area contributed by atoms with E-state index in [1.54, 1.807) is 0 Å². The number of benzene rings is 2. The highest BCUT2D eigenvalue weighted by atomic mass is 16.5. The summed E-state index contributed by atoms with van der Waals surface area (Å²) < 4.78 is 5.46. The van der Waals surface area contributed by atoms with Crippen LogP contribution < -0.4 is 10.5 Å². The normalized spacial score (nSPS) is 11.9. The van der Waals surface area contributed by atoms with Crippen LogP contribution in [0.4, 0.5) is 0 Å². The molecule has 2 aromatic rings. The van der Waals surface area contributed by atoms with Crippen molar-refractivity contribution < 1.29 is 14.6 Å². The summed E-state index contributed by atoms with van der Waals surface area (Å²) >= 11 is 0. The maximum atomic E-state index is 10.8. The van der Waals surface area contributed by atoms with Crippen LogP contribution in [-0.4, -0.2) is 24.2 Å². The van der Waals surface area contributed by atoms with Gasteiger partial charge in [-0.25, -0.2) is 0 Å². The Kier molecular flexibility index (Phi) is 5.35. The molecule has 0 saturated heterocycles. The Bertz CT molecular complexity index is 566. The van der Waals surface area contributed by atoms with E-state index in [1.165, 1.54) is 11.1 Å². The maximum Gasteiger partial charge on any atom is 0.311 e. The van der Waals surface area contributed by atoms with E-state index >= 15 is 0 Å². The van der Waals surface area contributed by atoms with E-state index in [-0.39, 0.29) is 13.2 Å². The number of hydrogen-bond acceptors (Lipinski definition) is 3. The molecule has 0 heterocycles. The fraction of sp³-hybridized carbons (Fsp3) is 0.235. The first kappa shape index (κ1) is 15.1. The molecule has 110 valence electrons. The number of nitrogens with two attached hydrogens (primary N) is 1. The van der Waals surface area contributed by atoms with Crippen molar-refractivity contribution in [2.45, 2.75) is 6.42 Å². The van der Waals surface area contributed by atoms with Gasteiger partial charge < -0.3 is 15.6 Å². The second kappa shape index (κ2) is 7.45. The van der Waals surface area contributed by atoms with Crippen LogP contribution in [0.1, 0.15) is 11.1 Å². The van der Waals surface area contributed by atoms with Crippen molar-refractivity contribution in [3.8, 4) is 5.75 Å². The number of rotatable bonds is 7. The van der Waals surface area contributed by atoms with Crippen LogP contribution in [0, 0.1) is 5.92 Å². The van der Waals surface area contributed by atoms with E-state index in [1.807, 2.05) is 42.5 Å². The smallest absolute Gasteiger partial charge is 0.311 e. The average molecular weight is 285 g/mol. The summed E-state index contributed by atoms with van der Waals surface area (Å²) in [5, 5.41) is 8.90. The molecule has 2 rings (SSSR count). The lowest BCUT2D eigenvalue weighted by Crippen LogP contribution is -2.29. The molecule has 0 bridgehead atoms. The van der Waals surface area contributed by atoms with Crippen LogP contribution in [0.2, 0.25) is 0 Å². The summed E-state index contributed by atoms with van der Waals surface area (Å²) in [7, 11) is 0. The molecule has 0 aliphatic carbocycles. The molecule has 3 N–H and O–H groups in total. The maximum absolute atomic E-state index is 10.8. The third-order valence-electron chi connectivity index (χ3n) is 3.26. The van der Waals surface area contributed by atoms with E-state index in [0.717, 1.165) is 6.42 Å². The Morgan fingerprint density at radius 1 is 1.05 bits per heavy atom. The van der Waals surface area contributed by atoms with E-state index in [0.29, 0.717) is 5.75 Å². The lowest BCUT2D eigenvalue weighted by atomic mass is 10.1. The van der Waals surface area contributed by atoms with Crippen molar-refractivity contribution >= 4 is 5.97 Å². The molecule has 0 spiro atoms. The summed E-state index contributed by atoms with van der Waals surface area (Å²) in [5.74, 6) is -0.946. The summed E-state index contributed by atoms with van der Waals surface area (Å²) in [6.45, 7) is 0.158. The van der Waals surface area contributed by atoms with Gasteiger partial charge >= 0.3 is 5.97 Å². The van der Waals surface area contributed by atoms with E-state index in [9.17, 15) is 4.79 Å². The van der Waals surface area contributed by atoms with Crippen LogP contribution in [0.25, 0.3) is 0 Å². The van der Waals surface area contributed by atoms with Gasteiger partial charge in [0, 0.05) is 6.54 Å². The highest BCUT2D eigenvalue weighted by Crippen LogP contribution is 2.16. The number of ether oxygens (including phenoxy) is 1. The van der Waals surface area contributed by atoms with Crippen LogP contribution in [0.15, 0.2) is 54.6 Å². The van der Waals surface area contributed by atoms with Crippen LogP contribution >= 0.6 is 0 Å². The predicted octanol–water partition coefficient (Wildman–Crippen LogP) is 2.32. The zero-order chi connectivity index (χ0) is 15.1. The van der Waals surface area contributed by atoms with Gasteiger partial charge in [-0.2, -0.15) is 0 Å². The zero-order valence-corrected chi connectivity index (χ0v) is 11.7. The van der Waals surface area contributed by atoms with E-state index < -0.39 is 11.9 Å². The molecule has 4 heteroatoms. The van der Waals surface area contributed by atoms with Gasteiger partial charge in [0.1, 0.15) is 18.3 Å². The van der Waals surface area contributed by atoms with Gasteiger partial charge in [0.2, 0.25) is 0 Å². The standard InChI is InChI=1S/C17H19NO3/c18-11-15(17(19)20)12-21-16-8-6-14(7-9-16)10-13-4-2-1-3-5-13/h1-9,15H,10-12,18H2,(H,19,20). The van der Waals surface area contributed by atoms with Gasteiger partial charge in [0.25, 0.3) is 0 Å².